The van der Waals surface area contributed by atoms with Crippen LogP contribution in [0.15, 0.2) is 0 Å². The number of unbranched alkanes of at least 4 members (excludes halogenated alkanes) is 1. The van der Waals surface area contributed by atoms with Crippen LogP contribution >= 0.6 is 0 Å². The van der Waals surface area contributed by atoms with Gasteiger partial charge in [0.2, 0.25) is 6.41 Å². The van der Waals surface area contributed by atoms with E-state index in [9.17, 15) is 9.59 Å². The quantitative estimate of drug-likeness (QED) is 0.120. The molecule has 0 spiro atoms. The number of carbonyl (C=O) groups excluding carboxylic acids is 1. The smallest absolute Gasteiger partial charge is 0.404 e. The second-order valence-electron chi connectivity index (χ2n) is 16.3. The minimum Gasteiger partial charge on any atom is -0.465 e. The van der Waals surface area contributed by atoms with Gasteiger partial charge in [-0.05, 0) is 92.0 Å². The maximum absolute atomic E-state index is 10.7. The van der Waals surface area contributed by atoms with Crippen LogP contribution in [0, 0.1) is 33.5 Å². The van der Waals surface area contributed by atoms with Gasteiger partial charge in [0.1, 0.15) is 0 Å². The molecule has 2 amide bonds. The molecule has 0 heterocycles. The summed E-state index contributed by atoms with van der Waals surface area (Å²) in [5.74, 6) is 1.63. The van der Waals surface area contributed by atoms with Crippen molar-refractivity contribution in [3.8, 4) is 0 Å². The number of hydrogen-bond acceptors (Lipinski definition) is 5. The third-order valence-corrected chi connectivity index (χ3v) is 7.80. The van der Waals surface area contributed by atoms with Crippen molar-refractivity contribution in [3.05, 3.63) is 0 Å². The van der Waals surface area contributed by atoms with Crippen molar-refractivity contribution < 1.29 is 19.8 Å². The number of nitrogens with two attached hydrogens (primary N) is 1. The summed E-state index contributed by atoms with van der Waals surface area (Å²) in [7, 11) is 1.95. The maximum atomic E-state index is 10.7. The van der Waals surface area contributed by atoms with E-state index in [0.29, 0.717) is 19.2 Å². The predicted octanol–water partition coefficient (Wildman–Crippen LogP) is 6.80. The molecular formula is C34H72N4O4. The first-order valence-corrected chi connectivity index (χ1v) is 16.3. The lowest BCUT2D eigenvalue weighted by Gasteiger charge is -2.46. The average molecular weight is 601 g/mol. The minimum absolute atomic E-state index is 0.0830. The van der Waals surface area contributed by atoms with Crippen LogP contribution in [-0.4, -0.2) is 61.5 Å². The molecule has 252 valence electrons. The number of nitrogens with one attached hydrogen (secondary N) is 3. The summed E-state index contributed by atoms with van der Waals surface area (Å²) in [6.45, 7) is 26.3. The Kier molecular flexibility index (Phi) is 20.9. The molecule has 8 nitrogen and oxygen atoms in total. The monoisotopic (exact) mass is 601 g/mol. The molecule has 0 aromatic rings. The summed E-state index contributed by atoms with van der Waals surface area (Å²) in [6.07, 6.45) is 9.49. The summed E-state index contributed by atoms with van der Waals surface area (Å²) < 4.78 is 0. The van der Waals surface area contributed by atoms with Crippen molar-refractivity contribution in [2.45, 2.75) is 146 Å². The SMILES string of the molecule is CC(C)C.CC(C)CCCCO.CC1(C)CC(NC=O)CC(C)(CN)C1.CNCC1(C)CC(NC(=O)O)CC(C)(C)C1. The zero-order valence-electron chi connectivity index (χ0n) is 29.7. The molecule has 0 bridgehead atoms. The fourth-order valence-corrected chi connectivity index (χ4v) is 7.14. The van der Waals surface area contributed by atoms with Crippen LogP contribution in [0.2, 0.25) is 0 Å². The van der Waals surface area contributed by atoms with Crippen LogP contribution in [0.4, 0.5) is 4.79 Å². The van der Waals surface area contributed by atoms with Gasteiger partial charge in [-0.2, -0.15) is 0 Å². The molecule has 7 N–H and O–H groups in total. The first-order valence-electron chi connectivity index (χ1n) is 16.3. The van der Waals surface area contributed by atoms with E-state index < -0.39 is 6.09 Å². The van der Waals surface area contributed by atoms with Crippen LogP contribution in [0.5, 0.6) is 0 Å². The van der Waals surface area contributed by atoms with E-state index in [-0.39, 0.29) is 27.7 Å². The Morgan fingerprint density at radius 3 is 1.76 bits per heavy atom. The lowest BCUT2D eigenvalue weighted by molar-refractivity contribution is -0.111. The number of carbonyl (C=O) groups is 2. The number of amides is 2. The maximum Gasteiger partial charge on any atom is 0.404 e. The number of aliphatic hydroxyl groups is 1. The highest BCUT2D eigenvalue weighted by atomic mass is 16.4. The van der Waals surface area contributed by atoms with Gasteiger partial charge < -0.3 is 31.9 Å². The topological polar surface area (TPSA) is 137 Å². The van der Waals surface area contributed by atoms with Gasteiger partial charge in [0, 0.05) is 25.2 Å². The fraction of sp³-hybridized carbons (Fsp3) is 0.941. The highest BCUT2D eigenvalue weighted by Gasteiger charge is 2.41. The van der Waals surface area contributed by atoms with Crippen molar-refractivity contribution in [1.82, 2.24) is 16.0 Å². The second-order valence-corrected chi connectivity index (χ2v) is 16.3. The minimum atomic E-state index is -0.908. The molecule has 2 rings (SSSR count). The van der Waals surface area contributed by atoms with E-state index in [1.165, 1.54) is 12.8 Å². The Bertz CT molecular complexity index is 726. The van der Waals surface area contributed by atoms with Crippen molar-refractivity contribution in [1.29, 1.82) is 0 Å². The normalized spacial score (nSPS) is 27.7. The van der Waals surface area contributed by atoms with Crippen molar-refractivity contribution in [3.63, 3.8) is 0 Å². The molecule has 2 saturated carbocycles. The third-order valence-electron chi connectivity index (χ3n) is 7.80. The highest BCUT2D eigenvalue weighted by molar-refractivity contribution is 5.64. The molecule has 8 heteroatoms. The molecule has 4 atom stereocenters. The first-order chi connectivity index (χ1) is 19.2. The van der Waals surface area contributed by atoms with Crippen LogP contribution in [0.25, 0.3) is 0 Å². The first kappa shape index (κ1) is 42.8. The van der Waals surface area contributed by atoms with Crippen molar-refractivity contribution in [2.75, 3.05) is 26.7 Å². The average Bonchev–Trinajstić information content (AvgIpc) is 2.76. The Balaban J connectivity index is 0. The zero-order chi connectivity index (χ0) is 33.2. The molecule has 0 radical (unpaired) electrons. The zero-order valence-corrected chi connectivity index (χ0v) is 29.7. The van der Waals surface area contributed by atoms with Crippen LogP contribution in [0.3, 0.4) is 0 Å². The lowest BCUT2D eigenvalue weighted by Crippen LogP contribution is -2.49. The molecular weight excluding hydrogens is 528 g/mol. The van der Waals surface area contributed by atoms with Gasteiger partial charge in [0.05, 0.1) is 0 Å². The van der Waals surface area contributed by atoms with Crippen LogP contribution < -0.4 is 21.7 Å². The summed E-state index contributed by atoms with van der Waals surface area (Å²) in [6, 6.07) is 0.379. The molecule has 4 unspecified atom stereocenters. The van der Waals surface area contributed by atoms with Gasteiger partial charge >= 0.3 is 6.09 Å². The third kappa shape index (κ3) is 22.2. The van der Waals surface area contributed by atoms with Crippen LogP contribution in [-0.2, 0) is 4.79 Å². The van der Waals surface area contributed by atoms with Gasteiger partial charge in [0.25, 0.3) is 0 Å². The molecule has 2 aliphatic carbocycles. The summed E-state index contributed by atoms with van der Waals surface area (Å²) in [5.41, 5.74) is 6.66. The Morgan fingerprint density at radius 2 is 1.36 bits per heavy atom. The molecule has 2 fully saturated rings. The highest BCUT2D eigenvalue weighted by Crippen LogP contribution is 2.46. The van der Waals surface area contributed by atoms with Gasteiger partial charge in [-0.1, -0.05) is 89.0 Å². The van der Waals surface area contributed by atoms with Crippen molar-refractivity contribution in [2.24, 2.45) is 39.2 Å². The lowest BCUT2D eigenvalue weighted by atomic mass is 9.62. The van der Waals surface area contributed by atoms with Gasteiger partial charge in [0.15, 0.2) is 0 Å². The fourth-order valence-electron chi connectivity index (χ4n) is 7.14. The van der Waals surface area contributed by atoms with E-state index in [1.54, 1.807) is 0 Å². The van der Waals surface area contributed by atoms with E-state index in [4.69, 9.17) is 15.9 Å². The standard InChI is InChI=1S/C12H24N2O2.C11H22N2O.C7H16O.C4H10/c1-11(2)5-9(14-10(15)16)6-12(3,7-11)8-13-4;1-10(2)4-9(13-8-14)5-11(3,6-10)7-12;1-7(2)5-3-4-6-8;1-4(2)3/h9,13-14H,5-8H2,1-4H3,(H,15,16);8-9H,4-7,12H2,1-3H3,(H,13,14);7-8H,3-6H2,1-2H3;4H,1-3H3. The molecule has 42 heavy (non-hydrogen) atoms. The number of rotatable bonds is 10. The Morgan fingerprint density at radius 1 is 0.881 bits per heavy atom. The molecule has 0 saturated heterocycles. The molecule has 2 aliphatic rings. The largest absolute Gasteiger partial charge is 0.465 e. The van der Waals surface area contributed by atoms with Gasteiger partial charge in [-0.3, -0.25) is 4.79 Å². The summed E-state index contributed by atoms with van der Waals surface area (Å²) in [4.78, 5) is 21.2. The number of aliphatic hydroxyl groups excluding tert-OH is 1. The van der Waals surface area contributed by atoms with Crippen molar-refractivity contribution >= 4 is 12.5 Å². The number of hydrogen-bond donors (Lipinski definition) is 6. The van der Waals surface area contributed by atoms with Gasteiger partial charge in [-0.25, -0.2) is 4.79 Å². The number of carboxylic acid groups (broad SMARTS) is 1. The summed E-state index contributed by atoms with van der Waals surface area (Å²) in [5, 5.41) is 25.9. The second kappa shape index (κ2) is 20.6. The Hall–Kier alpha value is -1.38. The van der Waals surface area contributed by atoms with E-state index in [0.717, 1.165) is 69.7 Å². The predicted molar refractivity (Wildman–Crippen MR) is 179 cm³/mol. The van der Waals surface area contributed by atoms with E-state index in [1.807, 2.05) is 7.05 Å². The van der Waals surface area contributed by atoms with Crippen LogP contribution in [0.1, 0.15) is 134 Å². The van der Waals surface area contributed by atoms with E-state index >= 15 is 0 Å². The van der Waals surface area contributed by atoms with Gasteiger partial charge in [-0.15, -0.1) is 0 Å². The summed E-state index contributed by atoms with van der Waals surface area (Å²) >= 11 is 0. The van der Waals surface area contributed by atoms with E-state index in [2.05, 4.69) is 92.1 Å². The molecule has 0 aromatic carbocycles. The Labute approximate surface area is 260 Å². The molecule has 0 aromatic heterocycles. The molecule has 0 aliphatic heterocycles.